The molecule has 0 spiro atoms. The first-order valence-corrected chi connectivity index (χ1v) is 13.4. The Balaban J connectivity index is 1.85. The molecule has 0 amide bonds. The second-order valence-corrected chi connectivity index (χ2v) is 11.2. The molecule has 0 unspecified atom stereocenters. The first kappa shape index (κ1) is 26.7. The smallest absolute Gasteiger partial charge is 0.395 e. The van der Waals surface area contributed by atoms with Crippen LogP contribution in [-0.2, 0) is 16.4 Å². The zero-order valence-electron chi connectivity index (χ0n) is 19.3. The summed E-state index contributed by atoms with van der Waals surface area (Å²) in [6, 6.07) is 19.7. The Morgan fingerprint density at radius 1 is 1.09 bits per heavy atom. The Morgan fingerprint density at radius 2 is 1.80 bits per heavy atom. The van der Waals surface area contributed by atoms with Gasteiger partial charge in [0.2, 0.25) is 0 Å². The van der Waals surface area contributed by atoms with Crippen LogP contribution in [0.3, 0.4) is 0 Å². The minimum absolute atomic E-state index is 0.128. The topological polar surface area (TPSA) is 75.8 Å². The summed E-state index contributed by atoms with van der Waals surface area (Å²) in [6.07, 6.45) is -2.70. The maximum absolute atomic E-state index is 13.1. The number of sulfone groups is 1. The molecule has 0 aliphatic carbocycles. The normalized spacial score (nSPS) is 13.4. The minimum atomic E-state index is -4.67. The van der Waals surface area contributed by atoms with Gasteiger partial charge in [-0.2, -0.15) is 13.2 Å². The van der Waals surface area contributed by atoms with Gasteiger partial charge in [0, 0.05) is 24.2 Å². The fourth-order valence-electron chi connectivity index (χ4n) is 3.25. The van der Waals surface area contributed by atoms with E-state index >= 15 is 0 Å². The van der Waals surface area contributed by atoms with Crippen LogP contribution >= 0.6 is 11.3 Å². The molecule has 3 rings (SSSR count). The molecule has 1 aromatic heterocycles. The van der Waals surface area contributed by atoms with Gasteiger partial charge in [-0.1, -0.05) is 42.5 Å². The van der Waals surface area contributed by atoms with Crippen molar-refractivity contribution in [2.24, 2.45) is 10.7 Å². The monoisotopic (exact) mass is 521 g/mol. The second kappa shape index (κ2) is 11.2. The van der Waals surface area contributed by atoms with E-state index in [0.29, 0.717) is 28.4 Å². The Bertz CT molecular complexity index is 1310. The molecule has 0 saturated heterocycles. The Morgan fingerprint density at radius 3 is 2.46 bits per heavy atom. The zero-order chi connectivity index (χ0) is 25.6. The first-order chi connectivity index (χ1) is 16.4. The lowest BCUT2D eigenvalue weighted by Gasteiger charge is -2.15. The summed E-state index contributed by atoms with van der Waals surface area (Å²) in [7, 11) is -1.48. The third kappa shape index (κ3) is 7.78. The van der Waals surface area contributed by atoms with E-state index in [9.17, 15) is 21.6 Å². The van der Waals surface area contributed by atoms with Crippen LogP contribution in [0.25, 0.3) is 10.4 Å². The van der Waals surface area contributed by atoms with Crippen LogP contribution in [0, 0.1) is 0 Å². The lowest BCUT2D eigenvalue weighted by molar-refractivity contribution is -0.0925. The van der Waals surface area contributed by atoms with Gasteiger partial charge in [-0.25, -0.2) is 8.42 Å². The number of allylic oxidation sites excluding steroid dienone is 2. The maximum Gasteiger partial charge on any atom is 0.430 e. The molecule has 35 heavy (non-hydrogen) atoms. The van der Waals surface area contributed by atoms with Crippen molar-refractivity contribution in [3.05, 3.63) is 88.9 Å². The van der Waals surface area contributed by atoms with Gasteiger partial charge in [0.15, 0.2) is 9.84 Å². The van der Waals surface area contributed by atoms with E-state index in [1.54, 1.807) is 30.3 Å². The first-order valence-electron chi connectivity index (χ1n) is 10.7. The number of nitrogens with two attached hydrogens (primary N) is 1. The third-order valence-corrected chi connectivity index (χ3v) is 7.35. The molecule has 0 radical (unpaired) electrons. The number of hydrogen-bond donors (Lipinski definition) is 1. The van der Waals surface area contributed by atoms with Crippen LogP contribution in [0.5, 0.6) is 0 Å². The summed E-state index contributed by atoms with van der Waals surface area (Å²) >= 11 is 1.22. The Hall–Kier alpha value is -2.95. The van der Waals surface area contributed by atoms with Crippen molar-refractivity contribution >= 4 is 26.9 Å². The summed E-state index contributed by atoms with van der Waals surface area (Å²) < 4.78 is 63.2. The molecule has 10 heteroatoms. The molecule has 0 bridgehead atoms. The van der Waals surface area contributed by atoms with Gasteiger partial charge in [-0.15, -0.1) is 11.3 Å². The van der Waals surface area contributed by atoms with Crippen LogP contribution < -0.4 is 5.73 Å². The summed E-state index contributed by atoms with van der Waals surface area (Å²) in [4.78, 5) is 7.83. The van der Waals surface area contributed by atoms with E-state index in [2.05, 4.69) is 4.99 Å². The highest BCUT2D eigenvalue weighted by Crippen LogP contribution is 2.31. The molecular formula is C25H26F3N3O2S2. The van der Waals surface area contributed by atoms with Gasteiger partial charge in [0.25, 0.3) is 0 Å². The number of alkyl halides is 3. The largest absolute Gasteiger partial charge is 0.430 e. The molecule has 0 atom stereocenters. The lowest BCUT2D eigenvalue weighted by atomic mass is 10.2. The highest BCUT2D eigenvalue weighted by Gasteiger charge is 2.32. The number of benzene rings is 2. The van der Waals surface area contributed by atoms with Gasteiger partial charge in [0.05, 0.1) is 22.0 Å². The van der Waals surface area contributed by atoms with E-state index in [-0.39, 0.29) is 17.2 Å². The predicted octanol–water partition coefficient (Wildman–Crippen LogP) is 5.14. The van der Waals surface area contributed by atoms with Gasteiger partial charge < -0.3 is 10.6 Å². The molecule has 2 aromatic carbocycles. The third-order valence-electron chi connectivity index (χ3n) is 5.08. The molecule has 0 fully saturated rings. The number of aliphatic imine (C=N–C) groups is 1. The molecular weight excluding hydrogens is 495 g/mol. The fourth-order valence-corrected chi connectivity index (χ4v) is 4.90. The zero-order valence-corrected chi connectivity index (χ0v) is 20.9. The molecule has 1 heterocycles. The number of nitrogens with zero attached hydrogens (tertiary/aromatic N) is 2. The van der Waals surface area contributed by atoms with Crippen molar-refractivity contribution in [3.8, 4) is 10.4 Å². The summed E-state index contributed by atoms with van der Waals surface area (Å²) in [5, 5.41) is 0. The van der Waals surface area contributed by atoms with Crippen molar-refractivity contribution in [1.29, 1.82) is 0 Å². The van der Waals surface area contributed by atoms with Crippen molar-refractivity contribution in [3.63, 3.8) is 0 Å². The van der Waals surface area contributed by atoms with Crippen LogP contribution in [0.1, 0.15) is 10.4 Å². The van der Waals surface area contributed by atoms with Crippen molar-refractivity contribution in [2.45, 2.75) is 17.6 Å². The van der Waals surface area contributed by atoms with E-state index < -0.39 is 21.7 Å². The van der Waals surface area contributed by atoms with Crippen molar-refractivity contribution in [1.82, 2.24) is 4.90 Å². The number of likely N-dealkylation sites (N-methyl/N-ethyl adjacent to an activating group) is 1. The molecule has 0 aliphatic heterocycles. The summed E-state index contributed by atoms with van der Waals surface area (Å²) in [5.41, 5.74) is 5.96. The van der Waals surface area contributed by atoms with E-state index in [1.165, 1.54) is 17.4 Å². The molecule has 186 valence electrons. The van der Waals surface area contributed by atoms with Crippen molar-refractivity contribution in [2.75, 3.05) is 26.4 Å². The number of halogens is 3. The van der Waals surface area contributed by atoms with E-state index in [4.69, 9.17) is 5.73 Å². The fraction of sp³-hybridized carbons (Fsp3) is 0.240. The van der Waals surface area contributed by atoms with E-state index in [1.807, 2.05) is 42.3 Å². The predicted molar refractivity (Wildman–Crippen MR) is 135 cm³/mol. The summed E-state index contributed by atoms with van der Waals surface area (Å²) in [6.45, 7) is 1.50. The minimum Gasteiger partial charge on any atom is -0.395 e. The quantitative estimate of drug-likeness (QED) is 0.396. The summed E-state index contributed by atoms with van der Waals surface area (Å²) in [5.74, 6) is 0. The molecule has 0 aliphatic rings. The van der Waals surface area contributed by atoms with E-state index in [0.717, 1.165) is 17.9 Å². The Labute approximate surface area is 207 Å². The standard InChI is InChI=1S/C25H26F3N3O2S2/c1-31(17-18-7-4-3-5-8-18)14-13-30-21(16-24(29)25(26,27)28)23-12-11-22(34-23)19-9-6-10-20(15-19)35(2,32)33/h3-12,15-16H,13-14,17,29H2,1-2H3/b24-16-,30-21?. The van der Waals surface area contributed by atoms with Crippen LogP contribution in [0.15, 0.2) is 88.4 Å². The number of thiophene rings is 1. The van der Waals surface area contributed by atoms with Gasteiger partial charge >= 0.3 is 6.18 Å². The van der Waals surface area contributed by atoms with Crippen LogP contribution in [-0.4, -0.2) is 51.6 Å². The lowest BCUT2D eigenvalue weighted by Crippen LogP contribution is -2.22. The molecule has 2 N–H and O–H groups in total. The highest BCUT2D eigenvalue weighted by atomic mass is 32.2. The highest BCUT2D eigenvalue weighted by molar-refractivity contribution is 7.90. The Kier molecular flexibility index (Phi) is 8.52. The average molecular weight is 522 g/mol. The van der Waals surface area contributed by atoms with Crippen molar-refractivity contribution < 1.29 is 21.6 Å². The number of hydrogen-bond acceptors (Lipinski definition) is 6. The molecule has 0 saturated carbocycles. The van der Waals surface area contributed by atoms with Crippen LogP contribution in [0.4, 0.5) is 13.2 Å². The molecule has 3 aromatic rings. The van der Waals surface area contributed by atoms with Gasteiger partial charge in [0.1, 0.15) is 5.70 Å². The maximum atomic E-state index is 13.1. The van der Waals surface area contributed by atoms with Gasteiger partial charge in [-0.3, -0.25) is 4.99 Å². The number of rotatable bonds is 9. The average Bonchev–Trinajstić information content (AvgIpc) is 3.28. The van der Waals surface area contributed by atoms with Crippen LogP contribution in [0.2, 0.25) is 0 Å². The SMILES string of the molecule is CN(CCN=C(/C=C(\N)C(F)(F)F)c1ccc(-c2cccc(S(C)(=O)=O)c2)s1)Cc1ccccc1. The van der Waals surface area contributed by atoms with Gasteiger partial charge in [-0.05, 0) is 48.5 Å². The molecule has 5 nitrogen and oxygen atoms in total. The second-order valence-electron chi connectivity index (χ2n) is 8.05.